The second-order valence-electron chi connectivity index (χ2n) is 4.89. The van der Waals surface area contributed by atoms with Gasteiger partial charge in [0.1, 0.15) is 16.7 Å². The highest BCUT2D eigenvalue weighted by Crippen LogP contribution is 2.39. The van der Waals surface area contributed by atoms with Crippen LogP contribution in [-0.2, 0) is 0 Å². The smallest absolute Gasteiger partial charge is 0.135 e. The highest BCUT2D eigenvalue weighted by Gasteiger charge is 2.27. The molecule has 0 spiro atoms. The predicted molar refractivity (Wildman–Crippen MR) is 78.9 cm³/mol. The minimum absolute atomic E-state index is 0.574. The zero-order valence-corrected chi connectivity index (χ0v) is 12.0. The van der Waals surface area contributed by atoms with Crippen molar-refractivity contribution < 1.29 is 0 Å². The van der Waals surface area contributed by atoms with Crippen molar-refractivity contribution in [2.24, 2.45) is 0 Å². The standard InChI is InChI=1S/C15H17N3S/c1-10-4-3-5-12(8-10)19-14-9-13(16-2)17-15(18-14)11-6-7-11/h3-5,8-9,11H,6-7H2,1-2H3,(H,16,17,18). The molecule has 19 heavy (non-hydrogen) atoms. The van der Waals surface area contributed by atoms with Crippen molar-refractivity contribution in [3.63, 3.8) is 0 Å². The molecule has 1 aromatic heterocycles. The molecule has 1 aliphatic rings. The van der Waals surface area contributed by atoms with Crippen molar-refractivity contribution >= 4 is 17.6 Å². The summed E-state index contributed by atoms with van der Waals surface area (Å²) in [5, 5.41) is 4.14. The Morgan fingerprint density at radius 3 is 2.74 bits per heavy atom. The van der Waals surface area contributed by atoms with Crippen LogP contribution in [0.3, 0.4) is 0 Å². The molecule has 1 aliphatic carbocycles. The van der Waals surface area contributed by atoms with Gasteiger partial charge in [-0.25, -0.2) is 9.97 Å². The normalized spacial score (nSPS) is 14.4. The van der Waals surface area contributed by atoms with Gasteiger partial charge >= 0.3 is 0 Å². The van der Waals surface area contributed by atoms with E-state index in [-0.39, 0.29) is 0 Å². The molecule has 2 aromatic rings. The van der Waals surface area contributed by atoms with E-state index in [2.05, 4.69) is 46.5 Å². The first-order chi connectivity index (χ1) is 9.24. The summed E-state index contributed by atoms with van der Waals surface area (Å²) in [6, 6.07) is 10.5. The third kappa shape index (κ3) is 3.07. The van der Waals surface area contributed by atoms with Crippen molar-refractivity contribution in [1.29, 1.82) is 0 Å². The fourth-order valence-electron chi connectivity index (χ4n) is 1.95. The summed E-state index contributed by atoms with van der Waals surface area (Å²) in [5.74, 6) is 2.47. The van der Waals surface area contributed by atoms with Gasteiger partial charge in [-0.3, -0.25) is 0 Å². The van der Waals surface area contributed by atoms with Crippen LogP contribution >= 0.6 is 11.8 Å². The Bertz CT molecular complexity index is 594. The summed E-state index contributed by atoms with van der Waals surface area (Å²) in [5.41, 5.74) is 1.27. The van der Waals surface area contributed by atoms with Crippen LogP contribution in [0.5, 0.6) is 0 Å². The fraction of sp³-hybridized carbons (Fsp3) is 0.333. The number of benzene rings is 1. The van der Waals surface area contributed by atoms with E-state index in [4.69, 9.17) is 0 Å². The van der Waals surface area contributed by atoms with E-state index in [1.165, 1.54) is 23.3 Å². The maximum Gasteiger partial charge on any atom is 0.135 e. The molecule has 3 rings (SSSR count). The Morgan fingerprint density at radius 2 is 2.05 bits per heavy atom. The zero-order valence-electron chi connectivity index (χ0n) is 11.2. The van der Waals surface area contributed by atoms with E-state index < -0.39 is 0 Å². The summed E-state index contributed by atoms with van der Waals surface area (Å²) in [7, 11) is 1.90. The lowest BCUT2D eigenvalue weighted by atomic mass is 10.2. The first-order valence-electron chi connectivity index (χ1n) is 6.56. The molecule has 3 nitrogen and oxygen atoms in total. The molecule has 1 heterocycles. The van der Waals surface area contributed by atoms with Crippen LogP contribution in [0, 0.1) is 6.92 Å². The van der Waals surface area contributed by atoms with E-state index in [9.17, 15) is 0 Å². The minimum Gasteiger partial charge on any atom is -0.373 e. The average molecular weight is 271 g/mol. The van der Waals surface area contributed by atoms with Crippen LogP contribution in [0.15, 0.2) is 40.3 Å². The molecule has 0 saturated heterocycles. The summed E-state index contributed by atoms with van der Waals surface area (Å²) in [4.78, 5) is 10.4. The van der Waals surface area contributed by atoms with Crippen LogP contribution in [0.4, 0.5) is 5.82 Å². The van der Waals surface area contributed by atoms with Gasteiger partial charge in [0.25, 0.3) is 0 Å². The summed E-state index contributed by atoms with van der Waals surface area (Å²) in [6.45, 7) is 2.11. The van der Waals surface area contributed by atoms with Gasteiger partial charge in [0.2, 0.25) is 0 Å². The number of nitrogens with one attached hydrogen (secondary N) is 1. The van der Waals surface area contributed by atoms with Gasteiger partial charge < -0.3 is 5.32 Å². The van der Waals surface area contributed by atoms with Gasteiger partial charge in [-0.05, 0) is 31.9 Å². The van der Waals surface area contributed by atoms with Gasteiger partial charge in [-0.2, -0.15) is 0 Å². The molecule has 0 amide bonds. The molecular formula is C15H17N3S. The minimum atomic E-state index is 0.574. The fourth-order valence-corrected chi connectivity index (χ4v) is 2.89. The summed E-state index contributed by atoms with van der Waals surface area (Å²) in [6.07, 6.45) is 2.45. The van der Waals surface area contributed by atoms with Gasteiger partial charge in [-0.1, -0.05) is 29.5 Å². The lowest BCUT2D eigenvalue weighted by molar-refractivity contribution is 0.880. The molecule has 0 aliphatic heterocycles. The molecule has 1 aromatic carbocycles. The molecule has 1 N–H and O–H groups in total. The maximum absolute atomic E-state index is 4.68. The van der Waals surface area contributed by atoms with Gasteiger partial charge in [0.15, 0.2) is 0 Å². The number of nitrogens with zero attached hydrogens (tertiary/aromatic N) is 2. The molecular weight excluding hydrogens is 254 g/mol. The third-order valence-corrected chi connectivity index (χ3v) is 4.04. The van der Waals surface area contributed by atoms with E-state index >= 15 is 0 Å². The lowest BCUT2D eigenvalue weighted by Gasteiger charge is -2.07. The summed E-state index contributed by atoms with van der Waals surface area (Å²) >= 11 is 1.70. The largest absolute Gasteiger partial charge is 0.373 e. The SMILES string of the molecule is CNc1cc(Sc2cccc(C)c2)nc(C2CC2)n1. The number of aryl methyl sites for hydroxylation is 1. The zero-order chi connectivity index (χ0) is 13.2. The third-order valence-electron chi connectivity index (χ3n) is 3.13. The van der Waals surface area contributed by atoms with Crippen molar-refractivity contribution in [3.05, 3.63) is 41.7 Å². The number of hydrogen-bond acceptors (Lipinski definition) is 4. The first-order valence-corrected chi connectivity index (χ1v) is 7.37. The van der Waals surface area contributed by atoms with Gasteiger partial charge in [0, 0.05) is 23.9 Å². The molecule has 4 heteroatoms. The number of hydrogen-bond donors (Lipinski definition) is 1. The van der Waals surface area contributed by atoms with Crippen LogP contribution in [0.25, 0.3) is 0 Å². The number of aromatic nitrogens is 2. The van der Waals surface area contributed by atoms with Gasteiger partial charge in [-0.15, -0.1) is 0 Å². The van der Waals surface area contributed by atoms with Crippen molar-refractivity contribution in [3.8, 4) is 0 Å². The molecule has 0 unspecified atom stereocenters. The first kappa shape index (κ1) is 12.5. The van der Waals surface area contributed by atoms with Crippen molar-refractivity contribution in [2.75, 3.05) is 12.4 Å². The Labute approximate surface area is 117 Å². The lowest BCUT2D eigenvalue weighted by Crippen LogP contribution is -2.00. The van der Waals surface area contributed by atoms with Crippen LogP contribution in [-0.4, -0.2) is 17.0 Å². The molecule has 1 saturated carbocycles. The molecule has 1 fully saturated rings. The summed E-state index contributed by atoms with van der Waals surface area (Å²) < 4.78 is 0. The second kappa shape index (κ2) is 5.21. The van der Waals surface area contributed by atoms with E-state index in [1.807, 2.05) is 13.1 Å². The monoisotopic (exact) mass is 271 g/mol. The Balaban J connectivity index is 1.89. The predicted octanol–water partition coefficient (Wildman–Crippen LogP) is 3.86. The molecule has 0 bridgehead atoms. The van der Waals surface area contributed by atoms with Crippen LogP contribution in [0.2, 0.25) is 0 Å². The Morgan fingerprint density at radius 1 is 1.21 bits per heavy atom. The van der Waals surface area contributed by atoms with Crippen LogP contribution < -0.4 is 5.32 Å². The highest BCUT2D eigenvalue weighted by molar-refractivity contribution is 7.99. The second-order valence-corrected chi connectivity index (χ2v) is 5.99. The van der Waals surface area contributed by atoms with Crippen molar-refractivity contribution in [1.82, 2.24) is 9.97 Å². The van der Waals surface area contributed by atoms with E-state index in [0.29, 0.717) is 5.92 Å². The van der Waals surface area contributed by atoms with Crippen LogP contribution in [0.1, 0.15) is 30.1 Å². The molecule has 0 radical (unpaired) electrons. The maximum atomic E-state index is 4.68. The van der Waals surface area contributed by atoms with Crippen molar-refractivity contribution in [2.45, 2.75) is 35.6 Å². The molecule has 98 valence electrons. The van der Waals surface area contributed by atoms with E-state index in [0.717, 1.165) is 16.7 Å². The Kier molecular flexibility index (Phi) is 3.42. The number of anilines is 1. The average Bonchev–Trinajstić information content (AvgIpc) is 3.22. The Hall–Kier alpha value is -1.55. The number of rotatable bonds is 4. The van der Waals surface area contributed by atoms with Gasteiger partial charge in [0.05, 0.1) is 0 Å². The quantitative estimate of drug-likeness (QED) is 0.857. The molecule has 0 atom stereocenters. The topological polar surface area (TPSA) is 37.8 Å². The highest BCUT2D eigenvalue weighted by atomic mass is 32.2. The van der Waals surface area contributed by atoms with E-state index in [1.54, 1.807) is 11.8 Å².